The molecule has 5 heteroatoms. The van der Waals surface area contributed by atoms with E-state index in [-0.39, 0.29) is 0 Å². The van der Waals surface area contributed by atoms with E-state index < -0.39 is 5.60 Å². The lowest BCUT2D eigenvalue weighted by molar-refractivity contribution is -0.0979. The van der Waals surface area contributed by atoms with Gasteiger partial charge < -0.3 is 5.11 Å². The van der Waals surface area contributed by atoms with Gasteiger partial charge in [-0.25, -0.2) is 0 Å². The zero-order valence-electron chi connectivity index (χ0n) is 17.6. The highest BCUT2D eigenvalue weighted by atomic mass is 16.3. The fourth-order valence-corrected chi connectivity index (χ4v) is 8.30. The molecule has 0 radical (unpaired) electrons. The van der Waals surface area contributed by atoms with Crippen molar-refractivity contribution in [2.45, 2.75) is 83.8 Å². The van der Waals surface area contributed by atoms with Crippen molar-refractivity contribution in [3.05, 3.63) is 18.5 Å². The molecule has 4 saturated carbocycles. The van der Waals surface area contributed by atoms with Crippen molar-refractivity contribution in [1.29, 1.82) is 0 Å². The molecule has 0 aromatic carbocycles. The number of tetrazole rings is 1. The lowest BCUT2D eigenvalue weighted by atomic mass is 9.49. The van der Waals surface area contributed by atoms with Crippen LogP contribution in [0.15, 0.2) is 18.5 Å². The fourth-order valence-electron chi connectivity index (χ4n) is 8.30. The summed E-state index contributed by atoms with van der Waals surface area (Å²) in [5, 5.41) is 22.7. The Labute approximate surface area is 169 Å². The zero-order chi connectivity index (χ0) is 19.5. The van der Waals surface area contributed by atoms with Gasteiger partial charge in [0, 0.05) is 0 Å². The Hall–Kier alpha value is -1.23. The minimum Gasteiger partial charge on any atom is -0.390 e. The number of hydrogen-bond donors (Lipinski definition) is 1. The van der Waals surface area contributed by atoms with Crippen LogP contribution in [0.1, 0.15) is 71.6 Å². The summed E-state index contributed by atoms with van der Waals surface area (Å²) in [4.78, 5) is 1.68. The number of nitrogens with zero attached hydrogens (tertiary/aromatic N) is 4. The highest BCUT2D eigenvalue weighted by molar-refractivity contribution is 5.15. The molecule has 0 bridgehead atoms. The number of fused-ring (bicyclic) bond motifs is 5. The Bertz CT molecular complexity index is 729. The maximum absolute atomic E-state index is 10.6. The van der Waals surface area contributed by atoms with Crippen molar-refractivity contribution < 1.29 is 5.11 Å². The van der Waals surface area contributed by atoms with Gasteiger partial charge in [0.1, 0.15) is 0 Å². The molecule has 4 aliphatic rings. The van der Waals surface area contributed by atoms with Crippen LogP contribution in [0, 0.1) is 40.9 Å². The van der Waals surface area contributed by atoms with E-state index in [4.69, 9.17) is 0 Å². The summed E-state index contributed by atoms with van der Waals surface area (Å²) in [6.45, 7) is 9.80. The van der Waals surface area contributed by atoms with Crippen molar-refractivity contribution in [3.8, 4) is 0 Å². The number of hydrogen-bond acceptors (Lipinski definition) is 4. The molecule has 5 rings (SSSR count). The van der Waals surface area contributed by atoms with Crippen LogP contribution in [0.25, 0.3) is 0 Å². The smallest absolute Gasteiger partial charge is 0.162 e. The van der Waals surface area contributed by atoms with Crippen LogP contribution in [0.5, 0.6) is 0 Å². The normalized spacial score (nSPS) is 47.8. The van der Waals surface area contributed by atoms with E-state index in [2.05, 4.69) is 35.8 Å². The van der Waals surface area contributed by atoms with Crippen LogP contribution >= 0.6 is 0 Å². The maximum Gasteiger partial charge on any atom is 0.162 e. The molecule has 1 N–H and O–H groups in total. The summed E-state index contributed by atoms with van der Waals surface area (Å²) in [6, 6.07) is 0. The second kappa shape index (κ2) is 6.65. The third-order valence-corrected chi connectivity index (χ3v) is 9.47. The van der Waals surface area contributed by atoms with E-state index in [1.807, 2.05) is 0 Å². The van der Waals surface area contributed by atoms with Crippen LogP contribution in [-0.4, -0.2) is 30.9 Å². The molecule has 0 saturated heterocycles. The van der Waals surface area contributed by atoms with E-state index in [9.17, 15) is 5.11 Å². The van der Waals surface area contributed by atoms with Gasteiger partial charge in [0.15, 0.2) is 6.33 Å². The molecule has 5 nitrogen and oxygen atoms in total. The number of allylic oxidation sites excluding steroid dienone is 1. The van der Waals surface area contributed by atoms with Crippen LogP contribution in [-0.2, 0) is 6.54 Å². The van der Waals surface area contributed by atoms with Gasteiger partial charge in [0.05, 0.1) is 12.1 Å². The van der Waals surface area contributed by atoms with Gasteiger partial charge >= 0.3 is 0 Å². The highest BCUT2D eigenvalue weighted by Gasteiger charge is 2.57. The first-order chi connectivity index (χ1) is 13.4. The standard InChI is InChI=1S/C23H36N4O/c1-15(13-27-25-14-24-26-27)20-6-7-21-19-5-4-16-12-22(2,28)10-8-17(16)18(19)9-11-23(20,21)3/h14,16-21,28H,1,4-13H2,2-3H3/t16-,17-,18+,19+,20+,21-,22+,23+/m0/s1. The Balaban J connectivity index is 1.32. The predicted molar refractivity (Wildman–Crippen MR) is 108 cm³/mol. The van der Waals surface area contributed by atoms with E-state index in [0.717, 1.165) is 42.4 Å². The van der Waals surface area contributed by atoms with Gasteiger partial charge in [-0.2, -0.15) is 4.80 Å². The topological polar surface area (TPSA) is 63.8 Å². The van der Waals surface area contributed by atoms with Gasteiger partial charge in [0.2, 0.25) is 0 Å². The zero-order valence-corrected chi connectivity index (χ0v) is 17.6. The summed E-state index contributed by atoms with van der Waals surface area (Å²) < 4.78 is 0. The van der Waals surface area contributed by atoms with Crippen LogP contribution in [0.2, 0.25) is 0 Å². The molecular weight excluding hydrogens is 348 g/mol. The quantitative estimate of drug-likeness (QED) is 0.791. The summed E-state index contributed by atoms with van der Waals surface area (Å²) >= 11 is 0. The summed E-state index contributed by atoms with van der Waals surface area (Å²) in [5.41, 5.74) is 1.28. The molecule has 28 heavy (non-hydrogen) atoms. The van der Waals surface area contributed by atoms with Crippen LogP contribution < -0.4 is 0 Å². The Morgan fingerprint density at radius 1 is 1.07 bits per heavy atom. The largest absolute Gasteiger partial charge is 0.390 e. The molecule has 154 valence electrons. The van der Waals surface area contributed by atoms with Crippen molar-refractivity contribution >= 4 is 0 Å². The summed E-state index contributed by atoms with van der Waals surface area (Å²) in [6.07, 6.45) is 12.9. The Kier molecular flexibility index (Phi) is 4.46. The number of aliphatic hydroxyl groups is 1. The molecule has 1 aromatic rings. The minimum absolute atomic E-state index is 0.395. The molecule has 0 amide bonds. The first kappa shape index (κ1) is 18.8. The van der Waals surface area contributed by atoms with Gasteiger partial charge in [-0.1, -0.05) is 19.1 Å². The summed E-state index contributed by atoms with van der Waals surface area (Å²) in [7, 11) is 0. The maximum atomic E-state index is 10.6. The van der Waals surface area contributed by atoms with Gasteiger partial charge in [-0.05, 0) is 111 Å². The molecular formula is C23H36N4O. The van der Waals surface area contributed by atoms with Crippen molar-refractivity contribution in [1.82, 2.24) is 20.2 Å². The number of aromatic nitrogens is 4. The van der Waals surface area contributed by atoms with Gasteiger partial charge in [-0.3, -0.25) is 0 Å². The average molecular weight is 385 g/mol. The third-order valence-electron chi connectivity index (χ3n) is 9.47. The summed E-state index contributed by atoms with van der Waals surface area (Å²) in [5.74, 6) is 4.86. The first-order valence-electron chi connectivity index (χ1n) is 11.5. The molecule has 0 unspecified atom stereocenters. The Morgan fingerprint density at radius 3 is 2.68 bits per heavy atom. The molecule has 1 aromatic heterocycles. The molecule has 4 aliphatic carbocycles. The number of rotatable bonds is 3. The van der Waals surface area contributed by atoms with Crippen molar-refractivity contribution in [2.24, 2.45) is 40.9 Å². The van der Waals surface area contributed by atoms with Crippen LogP contribution in [0.4, 0.5) is 0 Å². The molecule has 1 heterocycles. The molecule has 4 fully saturated rings. The molecule has 0 aliphatic heterocycles. The lowest BCUT2D eigenvalue weighted by Gasteiger charge is -2.57. The SMILES string of the molecule is C=C(Cn1ncnn1)[C@H]1CC[C@H]2[C@@H]3CC[C@H]4C[C@](C)(O)CC[C@@H]4[C@H]3CC[C@]12C. The van der Waals surface area contributed by atoms with Gasteiger partial charge in [-0.15, -0.1) is 10.2 Å². The van der Waals surface area contributed by atoms with E-state index in [1.165, 1.54) is 56.8 Å². The molecule has 0 spiro atoms. The van der Waals surface area contributed by atoms with Crippen LogP contribution in [0.3, 0.4) is 0 Å². The van der Waals surface area contributed by atoms with E-state index >= 15 is 0 Å². The van der Waals surface area contributed by atoms with Gasteiger partial charge in [0.25, 0.3) is 0 Å². The average Bonchev–Trinajstić information content (AvgIpc) is 3.27. The first-order valence-corrected chi connectivity index (χ1v) is 11.5. The Morgan fingerprint density at radius 2 is 1.89 bits per heavy atom. The van der Waals surface area contributed by atoms with Crippen molar-refractivity contribution in [3.63, 3.8) is 0 Å². The third kappa shape index (κ3) is 2.96. The van der Waals surface area contributed by atoms with E-state index in [0.29, 0.717) is 17.9 Å². The predicted octanol–water partition coefficient (Wildman–Crippen LogP) is 4.25. The van der Waals surface area contributed by atoms with Crippen molar-refractivity contribution in [2.75, 3.05) is 0 Å². The molecule has 8 atom stereocenters. The van der Waals surface area contributed by atoms with E-state index in [1.54, 1.807) is 4.80 Å². The minimum atomic E-state index is -0.414. The second-order valence-corrected chi connectivity index (χ2v) is 11.0. The monoisotopic (exact) mass is 384 g/mol. The lowest BCUT2D eigenvalue weighted by Crippen LogP contribution is -2.50. The fraction of sp³-hybridized carbons (Fsp3) is 0.870. The second-order valence-electron chi connectivity index (χ2n) is 11.0. The highest BCUT2D eigenvalue weighted by Crippen LogP contribution is 2.65.